The topological polar surface area (TPSA) is 51.2 Å². The van der Waals surface area contributed by atoms with Gasteiger partial charge in [0.25, 0.3) is 5.91 Å². The van der Waals surface area contributed by atoms with E-state index < -0.39 is 0 Å². The Hall–Kier alpha value is -1.88. The number of amides is 1. The number of anilines is 1. The molecule has 0 bridgehead atoms. The monoisotopic (exact) mass is 306 g/mol. The van der Waals surface area contributed by atoms with Crippen molar-refractivity contribution in [2.45, 2.75) is 0 Å². The fourth-order valence-corrected chi connectivity index (χ4v) is 1.81. The summed E-state index contributed by atoms with van der Waals surface area (Å²) in [6, 6.07) is 8.72. The molecule has 1 amide bonds. The summed E-state index contributed by atoms with van der Waals surface area (Å²) in [6.45, 7) is 0. The van der Waals surface area contributed by atoms with Crippen LogP contribution < -0.4 is 10.1 Å². The summed E-state index contributed by atoms with van der Waals surface area (Å²) in [7, 11) is 1.56. The third kappa shape index (κ3) is 2.87. The van der Waals surface area contributed by atoms with Crippen molar-refractivity contribution >= 4 is 27.5 Å². The summed E-state index contributed by atoms with van der Waals surface area (Å²) in [5.41, 5.74) is 1.18. The highest BCUT2D eigenvalue weighted by molar-refractivity contribution is 9.10. The molecule has 0 fully saturated rings. The number of nitrogens with one attached hydrogen (secondary N) is 1. The van der Waals surface area contributed by atoms with Crippen LogP contribution in [0.1, 0.15) is 10.4 Å². The number of methoxy groups -OCH3 is 1. The summed E-state index contributed by atoms with van der Waals surface area (Å²) in [5.74, 6) is 0.407. The van der Waals surface area contributed by atoms with Gasteiger partial charge in [0.1, 0.15) is 5.75 Å². The highest BCUT2D eigenvalue weighted by Gasteiger charge is 2.09. The fraction of sp³-hybridized carbons (Fsp3) is 0.0769. The van der Waals surface area contributed by atoms with Gasteiger partial charge in [0, 0.05) is 22.4 Å². The Kier molecular flexibility index (Phi) is 3.94. The van der Waals surface area contributed by atoms with Crippen LogP contribution in [0.15, 0.2) is 47.2 Å². The number of pyridine rings is 1. The van der Waals surface area contributed by atoms with E-state index >= 15 is 0 Å². The van der Waals surface area contributed by atoms with Gasteiger partial charge < -0.3 is 10.1 Å². The number of halogens is 1. The molecule has 0 saturated heterocycles. The predicted molar refractivity (Wildman–Crippen MR) is 72.9 cm³/mol. The number of aromatic nitrogens is 1. The van der Waals surface area contributed by atoms with E-state index in [2.05, 4.69) is 26.2 Å². The molecular formula is C13H11BrN2O2. The Morgan fingerprint density at radius 1 is 1.28 bits per heavy atom. The number of carbonyl (C=O) groups is 1. The van der Waals surface area contributed by atoms with E-state index in [-0.39, 0.29) is 5.91 Å². The van der Waals surface area contributed by atoms with Gasteiger partial charge in [0.05, 0.1) is 12.8 Å². The van der Waals surface area contributed by atoms with E-state index in [1.807, 2.05) is 6.07 Å². The van der Waals surface area contributed by atoms with Crippen LogP contribution in [-0.2, 0) is 0 Å². The molecule has 2 rings (SSSR count). The van der Waals surface area contributed by atoms with Gasteiger partial charge in [-0.05, 0) is 30.3 Å². The van der Waals surface area contributed by atoms with Crippen molar-refractivity contribution in [3.05, 3.63) is 52.8 Å². The smallest absolute Gasteiger partial charge is 0.255 e. The minimum atomic E-state index is -0.196. The van der Waals surface area contributed by atoms with Crippen molar-refractivity contribution in [3.63, 3.8) is 0 Å². The van der Waals surface area contributed by atoms with Crippen LogP contribution in [0.4, 0.5) is 5.69 Å². The van der Waals surface area contributed by atoms with Crippen molar-refractivity contribution < 1.29 is 9.53 Å². The lowest BCUT2D eigenvalue weighted by atomic mass is 10.2. The number of hydrogen-bond acceptors (Lipinski definition) is 3. The zero-order valence-corrected chi connectivity index (χ0v) is 11.3. The lowest BCUT2D eigenvalue weighted by molar-refractivity contribution is 0.102. The summed E-state index contributed by atoms with van der Waals surface area (Å²) in [4.78, 5) is 15.8. The van der Waals surface area contributed by atoms with Gasteiger partial charge in [-0.2, -0.15) is 0 Å². The fourth-order valence-electron chi connectivity index (χ4n) is 1.47. The van der Waals surface area contributed by atoms with Crippen molar-refractivity contribution in [1.82, 2.24) is 4.98 Å². The molecule has 0 spiro atoms. The number of benzene rings is 1. The molecule has 5 heteroatoms. The van der Waals surface area contributed by atoms with E-state index in [0.29, 0.717) is 17.0 Å². The first-order chi connectivity index (χ1) is 8.70. The number of rotatable bonds is 3. The number of hydrogen-bond donors (Lipinski definition) is 1. The minimum Gasteiger partial charge on any atom is -0.495 e. The second-order valence-corrected chi connectivity index (χ2v) is 4.45. The van der Waals surface area contributed by atoms with Crippen LogP contribution >= 0.6 is 15.9 Å². The molecule has 0 atom stereocenters. The van der Waals surface area contributed by atoms with Crippen molar-refractivity contribution in [2.24, 2.45) is 0 Å². The SMILES string of the molecule is COc1cc(Br)ccc1NC(=O)c1ccncc1. The zero-order chi connectivity index (χ0) is 13.0. The molecule has 0 aliphatic heterocycles. The molecule has 1 aromatic heterocycles. The standard InChI is InChI=1S/C13H11BrN2O2/c1-18-12-8-10(14)2-3-11(12)16-13(17)9-4-6-15-7-5-9/h2-8H,1H3,(H,16,17). The summed E-state index contributed by atoms with van der Waals surface area (Å²) in [6.07, 6.45) is 3.15. The molecule has 1 heterocycles. The lowest BCUT2D eigenvalue weighted by Gasteiger charge is -2.10. The van der Waals surface area contributed by atoms with Gasteiger partial charge in [-0.3, -0.25) is 9.78 Å². The second-order valence-electron chi connectivity index (χ2n) is 3.53. The maximum absolute atomic E-state index is 12.0. The van der Waals surface area contributed by atoms with Gasteiger partial charge in [-0.1, -0.05) is 15.9 Å². The first-order valence-corrected chi connectivity index (χ1v) is 6.05. The van der Waals surface area contributed by atoms with Crippen LogP contribution in [0.2, 0.25) is 0 Å². The third-order valence-corrected chi connectivity index (χ3v) is 2.85. The lowest BCUT2D eigenvalue weighted by Crippen LogP contribution is -2.12. The summed E-state index contributed by atoms with van der Waals surface area (Å²) < 4.78 is 6.10. The molecule has 0 aliphatic rings. The van der Waals surface area contributed by atoms with Gasteiger partial charge in [0.2, 0.25) is 0 Å². The zero-order valence-electron chi connectivity index (χ0n) is 9.68. The van der Waals surface area contributed by atoms with E-state index in [1.54, 1.807) is 43.8 Å². The van der Waals surface area contributed by atoms with Crippen LogP contribution in [0.5, 0.6) is 5.75 Å². The molecule has 1 aromatic carbocycles. The van der Waals surface area contributed by atoms with Crippen molar-refractivity contribution in [3.8, 4) is 5.75 Å². The first-order valence-electron chi connectivity index (χ1n) is 5.25. The molecule has 2 aromatic rings. The highest BCUT2D eigenvalue weighted by Crippen LogP contribution is 2.28. The number of nitrogens with zero attached hydrogens (tertiary/aromatic N) is 1. The summed E-state index contributed by atoms with van der Waals surface area (Å²) >= 11 is 3.35. The van der Waals surface area contributed by atoms with Crippen LogP contribution in [-0.4, -0.2) is 18.0 Å². The first kappa shape index (κ1) is 12.6. The predicted octanol–water partition coefficient (Wildman–Crippen LogP) is 3.11. The van der Waals surface area contributed by atoms with E-state index in [9.17, 15) is 4.79 Å². The Balaban J connectivity index is 2.22. The van der Waals surface area contributed by atoms with Gasteiger partial charge in [0.15, 0.2) is 0 Å². The molecule has 4 nitrogen and oxygen atoms in total. The largest absolute Gasteiger partial charge is 0.495 e. The molecule has 0 saturated carbocycles. The molecule has 18 heavy (non-hydrogen) atoms. The van der Waals surface area contributed by atoms with Gasteiger partial charge in [-0.25, -0.2) is 0 Å². The average Bonchev–Trinajstić information content (AvgIpc) is 2.41. The molecule has 0 aliphatic carbocycles. The maximum Gasteiger partial charge on any atom is 0.255 e. The third-order valence-electron chi connectivity index (χ3n) is 2.35. The Labute approximate surface area is 113 Å². The number of ether oxygens (including phenoxy) is 1. The van der Waals surface area contributed by atoms with Crippen molar-refractivity contribution in [1.29, 1.82) is 0 Å². The van der Waals surface area contributed by atoms with E-state index in [1.165, 1.54) is 0 Å². The van der Waals surface area contributed by atoms with Crippen molar-refractivity contribution in [2.75, 3.05) is 12.4 Å². The summed E-state index contributed by atoms with van der Waals surface area (Å²) in [5, 5.41) is 2.79. The second kappa shape index (κ2) is 5.64. The minimum absolute atomic E-state index is 0.196. The van der Waals surface area contributed by atoms with E-state index in [0.717, 1.165) is 4.47 Å². The van der Waals surface area contributed by atoms with Gasteiger partial charge in [-0.15, -0.1) is 0 Å². The molecular weight excluding hydrogens is 296 g/mol. The Morgan fingerprint density at radius 2 is 2.00 bits per heavy atom. The van der Waals surface area contributed by atoms with Gasteiger partial charge >= 0.3 is 0 Å². The molecule has 0 unspecified atom stereocenters. The molecule has 1 N–H and O–H groups in total. The normalized spacial score (nSPS) is 9.89. The average molecular weight is 307 g/mol. The quantitative estimate of drug-likeness (QED) is 0.948. The Bertz CT molecular complexity index is 558. The number of carbonyl (C=O) groups excluding carboxylic acids is 1. The molecule has 92 valence electrons. The molecule has 0 radical (unpaired) electrons. The van der Waals surface area contributed by atoms with E-state index in [4.69, 9.17) is 4.74 Å². The Morgan fingerprint density at radius 3 is 2.67 bits per heavy atom. The highest BCUT2D eigenvalue weighted by atomic mass is 79.9. The van der Waals surface area contributed by atoms with Crippen LogP contribution in [0.25, 0.3) is 0 Å². The maximum atomic E-state index is 12.0. The van der Waals surface area contributed by atoms with Crippen LogP contribution in [0.3, 0.4) is 0 Å². The van der Waals surface area contributed by atoms with Crippen LogP contribution in [0, 0.1) is 0 Å².